The van der Waals surface area contributed by atoms with E-state index in [0.29, 0.717) is 29.5 Å². The Balaban J connectivity index is 1.53. The third-order valence-electron chi connectivity index (χ3n) is 6.73. The van der Waals surface area contributed by atoms with Crippen LogP contribution in [0, 0.1) is 0 Å². The minimum absolute atomic E-state index is 0.0373. The summed E-state index contributed by atoms with van der Waals surface area (Å²) in [4.78, 5) is 2.46. The summed E-state index contributed by atoms with van der Waals surface area (Å²) >= 11 is 0. The molecule has 176 valence electrons. The molecule has 0 spiro atoms. The molecule has 0 amide bonds. The normalized spacial score (nSPS) is 14.9. The lowest BCUT2D eigenvalue weighted by Crippen LogP contribution is -2.32. The van der Waals surface area contributed by atoms with Crippen LogP contribution in [0.4, 0.5) is 0 Å². The van der Waals surface area contributed by atoms with Gasteiger partial charge in [0.1, 0.15) is 11.5 Å². The van der Waals surface area contributed by atoms with Crippen molar-refractivity contribution in [3.8, 4) is 28.9 Å². The molecule has 0 aliphatic heterocycles. The lowest BCUT2D eigenvalue weighted by Gasteiger charge is -2.31. The van der Waals surface area contributed by atoms with E-state index in [1.807, 2.05) is 13.8 Å². The van der Waals surface area contributed by atoms with E-state index in [0.717, 1.165) is 12.1 Å². The largest absolute Gasteiger partial charge is 0.508 e. The molecule has 0 unspecified atom stereocenters. The van der Waals surface area contributed by atoms with E-state index >= 15 is 0 Å². The maximum Gasteiger partial charge on any atom is 0.315 e. The molecule has 0 saturated heterocycles. The molecule has 2 aromatic carbocycles. The summed E-state index contributed by atoms with van der Waals surface area (Å²) in [6, 6.07) is 11.9. The first kappa shape index (κ1) is 23.1. The maximum atomic E-state index is 10.5. The second-order valence-electron chi connectivity index (χ2n) is 9.52. The lowest BCUT2D eigenvalue weighted by molar-refractivity contribution is 0.184. The highest BCUT2D eigenvalue weighted by molar-refractivity contribution is 5.68. The Bertz CT molecular complexity index is 1090. The van der Waals surface area contributed by atoms with E-state index in [-0.39, 0.29) is 23.4 Å². The van der Waals surface area contributed by atoms with Crippen molar-refractivity contribution in [2.24, 2.45) is 0 Å². The molecule has 33 heavy (non-hydrogen) atoms. The zero-order valence-electron chi connectivity index (χ0n) is 19.7. The predicted molar refractivity (Wildman–Crippen MR) is 128 cm³/mol. The lowest BCUT2D eigenvalue weighted by atomic mass is 9.94. The van der Waals surface area contributed by atoms with Crippen LogP contribution in [0.2, 0.25) is 0 Å². The molecule has 1 saturated carbocycles. The van der Waals surface area contributed by atoms with Crippen LogP contribution < -0.4 is 0 Å². The first-order valence-electron chi connectivity index (χ1n) is 11.8. The number of nitrogens with zero attached hydrogens (tertiary/aromatic N) is 4. The molecule has 3 aromatic rings. The van der Waals surface area contributed by atoms with E-state index in [2.05, 4.69) is 46.4 Å². The van der Waals surface area contributed by atoms with E-state index < -0.39 is 0 Å². The zero-order valence-corrected chi connectivity index (χ0v) is 19.7. The molecule has 7 heteroatoms. The van der Waals surface area contributed by atoms with E-state index in [4.69, 9.17) is 0 Å². The fraction of sp³-hybridized carbons (Fsp3) is 0.462. The molecule has 7 nitrogen and oxygen atoms in total. The third-order valence-corrected chi connectivity index (χ3v) is 6.73. The van der Waals surface area contributed by atoms with Gasteiger partial charge in [-0.1, -0.05) is 62.5 Å². The molecule has 1 aromatic heterocycles. The maximum absolute atomic E-state index is 10.5. The van der Waals surface area contributed by atoms with Gasteiger partial charge in [0.2, 0.25) is 0 Å². The van der Waals surface area contributed by atoms with E-state index in [1.165, 1.54) is 43.7 Å². The van der Waals surface area contributed by atoms with Crippen LogP contribution in [0.15, 0.2) is 36.4 Å². The molecule has 0 atom stereocenters. The van der Waals surface area contributed by atoms with Gasteiger partial charge in [0.25, 0.3) is 0 Å². The number of phenolic OH excluding ortho intramolecular Hbond substituents is 2. The minimum atomic E-state index is -0.218. The summed E-state index contributed by atoms with van der Waals surface area (Å²) in [5, 5.41) is 38.9. The zero-order chi connectivity index (χ0) is 23.5. The Kier molecular flexibility index (Phi) is 6.88. The van der Waals surface area contributed by atoms with E-state index in [9.17, 15) is 15.3 Å². The topological polar surface area (TPSA) is 94.6 Å². The van der Waals surface area contributed by atoms with Gasteiger partial charge in [-0.3, -0.25) is 9.47 Å². The smallest absolute Gasteiger partial charge is 0.315 e. The highest BCUT2D eigenvalue weighted by atomic mass is 16.3. The van der Waals surface area contributed by atoms with Gasteiger partial charge in [0.15, 0.2) is 5.82 Å². The van der Waals surface area contributed by atoms with Crippen molar-refractivity contribution in [1.29, 1.82) is 0 Å². The minimum Gasteiger partial charge on any atom is -0.508 e. The molecule has 1 aliphatic carbocycles. The van der Waals surface area contributed by atoms with Gasteiger partial charge in [-0.15, -0.1) is 5.10 Å². The van der Waals surface area contributed by atoms with Crippen LogP contribution in [0.1, 0.15) is 68.6 Å². The Morgan fingerprint density at radius 3 is 2.27 bits per heavy atom. The Labute approximate surface area is 195 Å². The Morgan fingerprint density at radius 1 is 0.939 bits per heavy atom. The molecule has 1 heterocycles. The molecular formula is C26H34N4O3. The first-order chi connectivity index (χ1) is 15.8. The molecule has 0 bridgehead atoms. The van der Waals surface area contributed by atoms with Gasteiger partial charge >= 0.3 is 6.01 Å². The summed E-state index contributed by atoms with van der Waals surface area (Å²) in [6.45, 7) is 5.22. The average Bonchev–Trinajstić information content (AvgIpc) is 3.15. The van der Waals surface area contributed by atoms with Crippen LogP contribution in [0.3, 0.4) is 0 Å². The quantitative estimate of drug-likeness (QED) is 0.469. The van der Waals surface area contributed by atoms with Crippen molar-refractivity contribution in [3.05, 3.63) is 53.1 Å². The summed E-state index contributed by atoms with van der Waals surface area (Å²) in [7, 11) is 2.21. The van der Waals surface area contributed by atoms with Crippen molar-refractivity contribution in [1.82, 2.24) is 19.7 Å². The van der Waals surface area contributed by atoms with Crippen LogP contribution in [-0.4, -0.2) is 48.1 Å². The number of aromatic hydroxyl groups is 3. The van der Waals surface area contributed by atoms with Crippen molar-refractivity contribution < 1.29 is 15.3 Å². The average molecular weight is 451 g/mol. The summed E-state index contributed by atoms with van der Waals surface area (Å²) in [5.74, 6) is 0.351. The van der Waals surface area contributed by atoms with Gasteiger partial charge in [-0.25, -0.2) is 0 Å². The van der Waals surface area contributed by atoms with Crippen molar-refractivity contribution >= 4 is 0 Å². The second-order valence-corrected chi connectivity index (χ2v) is 9.52. The van der Waals surface area contributed by atoms with Crippen molar-refractivity contribution in [2.75, 3.05) is 7.05 Å². The van der Waals surface area contributed by atoms with Gasteiger partial charge in [0.05, 0.1) is 12.1 Å². The van der Waals surface area contributed by atoms with Gasteiger partial charge < -0.3 is 15.3 Å². The first-order valence-corrected chi connectivity index (χ1v) is 11.8. The molecule has 0 radical (unpaired) electrons. The fourth-order valence-corrected chi connectivity index (χ4v) is 4.75. The van der Waals surface area contributed by atoms with E-state index in [1.54, 1.807) is 10.6 Å². The highest BCUT2D eigenvalue weighted by Crippen LogP contribution is 2.38. The van der Waals surface area contributed by atoms with Crippen LogP contribution >= 0.6 is 0 Å². The number of rotatable bonds is 7. The highest BCUT2D eigenvalue weighted by Gasteiger charge is 2.21. The Morgan fingerprint density at radius 2 is 1.61 bits per heavy atom. The second kappa shape index (κ2) is 9.83. The fourth-order valence-electron chi connectivity index (χ4n) is 4.75. The number of phenols is 2. The SMILES string of the molecule is CC(C)c1cc(-c2nnc(O)n2Cc2ccc(CN(C)C3CCCCC3)cc2)c(O)cc1O. The summed E-state index contributed by atoms with van der Waals surface area (Å²) < 4.78 is 1.57. The predicted octanol–water partition coefficient (Wildman–Crippen LogP) is 5.00. The molecule has 1 aliphatic rings. The molecule has 3 N–H and O–H groups in total. The van der Waals surface area contributed by atoms with Crippen LogP contribution in [-0.2, 0) is 13.1 Å². The van der Waals surface area contributed by atoms with Gasteiger partial charge in [-0.05, 0) is 48.6 Å². The standard InChI is InChI=1S/C26H34N4O3/c1-17(2)21-13-22(24(32)14-23(21)31)25-27-28-26(33)30(25)16-19-11-9-18(10-12-19)15-29(3)20-7-5-4-6-8-20/h9-14,17,20,31-32H,4-8,15-16H2,1-3H3,(H,28,33). The number of aromatic nitrogens is 3. The van der Waals surface area contributed by atoms with Crippen molar-refractivity contribution in [2.45, 2.75) is 71.0 Å². The Hall–Kier alpha value is -3.06. The molecule has 4 rings (SSSR count). The van der Waals surface area contributed by atoms with Crippen LogP contribution in [0.25, 0.3) is 11.4 Å². The number of hydrogen-bond acceptors (Lipinski definition) is 6. The van der Waals surface area contributed by atoms with Crippen molar-refractivity contribution in [3.63, 3.8) is 0 Å². The van der Waals surface area contributed by atoms with Gasteiger partial charge in [0, 0.05) is 18.7 Å². The number of benzene rings is 2. The van der Waals surface area contributed by atoms with Crippen LogP contribution in [0.5, 0.6) is 17.5 Å². The number of hydrogen-bond donors (Lipinski definition) is 3. The monoisotopic (exact) mass is 450 g/mol. The third kappa shape index (κ3) is 5.14. The van der Waals surface area contributed by atoms with Gasteiger partial charge in [-0.2, -0.15) is 0 Å². The summed E-state index contributed by atoms with van der Waals surface area (Å²) in [5.41, 5.74) is 3.38. The summed E-state index contributed by atoms with van der Waals surface area (Å²) in [6.07, 6.45) is 6.58. The molecule has 1 fully saturated rings. The molecular weight excluding hydrogens is 416 g/mol.